The third kappa shape index (κ3) is 4.33. The van der Waals surface area contributed by atoms with Gasteiger partial charge < -0.3 is 10.4 Å². The van der Waals surface area contributed by atoms with Gasteiger partial charge in [0, 0.05) is 24.4 Å². The number of halogens is 1. The number of carbonyl (C=O) groups is 1. The van der Waals surface area contributed by atoms with Crippen LogP contribution in [0.4, 0.5) is 11.4 Å². The van der Waals surface area contributed by atoms with Crippen molar-refractivity contribution in [1.82, 2.24) is 0 Å². The quantitative estimate of drug-likeness (QED) is 0.348. The van der Waals surface area contributed by atoms with Crippen molar-refractivity contribution in [2.24, 2.45) is 0 Å². The SMILES string of the molecule is C#CCSCCNc1c(Cl)cc([N+](=O)[O-])cc1C(=O)O. The van der Waals surface area contributed by atoms with E-state index in [-0.39, 0.29) is 22.0 Å². The summed E-state index contributed by atoms with van der Waals surface area (Å²) in [7, 11) is 0. The van der Waals surface area contributed by atoms with Gasteiger partial charge in [-0.1, -0.05) is 17.5 Å². The number of nitrogens with one attached hydrogen (secondary N) is 1. The minimum absolute atomic E-state index is 0.00134. The van der Waals surface area contributed by atoms with Crippen molar-refractivity contribution in [2.75, 3.05) is 23.4 Å². The van der Waals surface area contributed by atoms with E-state index in [1.807, 2.05) is 0 Å². The monoisotopic (exact) mass is 314 g/mol. The van der Waals surface area contributed by atoms with Crippen molar-refractivity contribution < 1.29 is 14.8 Å². The third-order valence-electron chi connectivity index (χ3n) is 2.25. The molecule has 0 atom stereocenters. The highest BCUT2D eigenvalue weighted by atomic mass is 35.5. The Kier molecular flexibility index (Phi) is 6.15. The van der Waals surface area contributed by atoms with E-state index in [9.17, 15) is 14.9 Å². The number of carboxylic acids is 1. The van der Waals surface area contributed by atoms with Gasteiger partial charge in [-0.05, 0) is 0 Å². The van der Waals surface area contributed by atoms with Gasteiger partial charge in [-0.15, -0.1) is 18.2 Å². The Bertz CT molecular complexity index is 571. The van der Waals surface area contributed by atoms with Crippen molar-refractivity contribution in [3.8, 4) is 12.3 Å². The van der Waals surface area contributed by atoms with Gasteiger partial charge in [-0.25, -0.2) is 4.79 Å². The normalized spacial score (nSPS) is 9.80. The average Bonchev–Trinajstić information content (AvgIpc) is 2.39. The standard InChI is InChI=1S/C12H11ClN2O4S/c1-2-4-20-5-3-14-11-9(12(16)17)6-8(15(18)19)7-10(11)13/h1,6-7,14H,3-5H2,(H,16,17). The Morgan fingerprint density at radius 2 is 2.30 bits per heavy atom. The highest BCUT2D eigenvalue weighted by Crippen LogP contribution is 2.31. The number of anilines is 1. The highest BCUT2D eigenvalue weighted by Gasteiger charge is 2.19. The number of hydrogen-bond acceptors (Lipinski definition) is 5. The van der Waals surface area contributed by atoms with Gasteiger partial charge in [0.25, 0.3) is 5.69 Å². The Morgan fingerprint density at radius 3 is 2.85 bits per heavy atom. The van der Waals surface area contributed by atoms with E-state index < -0.39 is 10.9 Å². The Balaban J connectivity index is 2.92. The van der Waals surface area contributed by atoms with E-state index >= 15 is 0 Å². The van der Waals surface area contributed by atoms with Crippen LogP contribution in [0.1, 0.15) is 10.4 Å². The molecule has 0 aliphatic rings. The molecule has 20 heavy (non-hydrogen) atoms. The van der Waals surface area contributed by atoms with Gasteiger partial charge in [-0.2, -0.15) is 0 Å². The summed E-state index contributed by atoms with van der Waals surface area (Å²) in [5, 5.41) is 22.6. The molecule has 0 aliphatic heterocycles. The summed E-state index contributed by atoms with van der Waals surface area (Å²) < 4.78 is 0. The largest absolute Gasteiger partial charge is 0.478 e. The first-order valence-electron chi connectivity index (χ1n) is 5.43. The lowest BCUT2D eigenvalue weighted by atomic mass is 10.1. The molecule has 0 saturated heterocycles. The maximum Gasteiger partial charge on any atom is 0.338 e. The van der Waals surface area contributed by atoms with Crippen LogP contribution >= 0.6 is 23.4 Å². The molecule has 0 saturated carbocycles. The summed E-state index contributed by atoms with van der Waals surface area (Å²) in [4.78, 5) is 21.1. The van der Waals surface area contributed by atoms with E-state index in [4.69, 9.17) is 23.1 Å². The maximum absolute atomic E-state index is 11.1. The maximum atomic E-state index is 11.1. The summed E-state index contributed by atoms with van der Waals surface area (Å²) in [6.45, 7) is 0.449. The fraction of sp³-hybridized carbons (Fsp3) is 0.250. The van der Waals surface area contributed by atoms with Crippen LogP contribution < -0.4 is 5.32 Å². The van der Waals surface area contributed by atoms with Crippen molar-refractivity contribution in [3.05, 3.63) is 32.8 Å². The van der Waals surface area contributed by atoms with Crippen molar-refractivity contribution in [1.29, 1.82) is 0 Å². The fourth-order valence-corrected chi connectivity index (χ4v) is 2.21. The number of benzene rings is 1. The molecule has 0 fully saturated rings. The number of nitrogens with zero attached hydrogens (tertiary/aromatic N) is 1. The first-order chi connectivity index (χ1) is 9.47. The first-order valence-corrected chi connectivity index (χ1v) is 6.97. The molecule has 0 aromatic heterocycles. The summed E-state index contributed by atoms with van der Waals surface area (Å²) in [5.74, 6) is 2.40. The molecular formula is C12H11ClN2O4S. The van der Waals surface area contributed by atoms with E-state index in [0.717, 1.165) is 12.1 Å². The molecule has 1 aromatic rings. The second kappa shape index (κ2) is 7.62. The topological polar surface area (TPSA) is 92.5 Å². The molecule has 106 valence electrons. The molecule has 0 radical (unpaired) electrons. The van der Waals surface area contributed by atoms with Crippen LogP contribution in [0, 0.1) is 22.5 Å². The molecule has 0 bridgehead atoms. The smallest absolute Gasteiger partial charge is 0.338 e. The van der Waals surface area contributed by atoms with Gasteiger partial charge in [0.2, 0.25) is 0 Å². The van der Waals surface area contributed by atoms with E-state index in [0.29, 0.717) is 18.1 Å². The number of nitro groups is 1. The molecule has 6 nitrogen and oxygen atoms in total. The number of aromatic carboxylic acids is 1. The molecule has 2 N–H and O–H groups in total. The van der Waals surface area contributed by atoms with Crippen LogP contribution in [-0.2, 0) is 0 Å². The number of rotatable bonds is 7. The van der Waals surface area contributed by atoms with Gasteiger partial charge in [-0.3, -0.25) is 10.1 Å². The number of hydrogen-bond donors (Lipinski definition) is 2. The number of nitro benzene ring substituents is 1. The van der Waals surface area contributed by atoms with E-state index in [1.54, 1.807) is 0 Å². The minimum atomic E-state index is -1.28. The van der Waals surface area contributed by atoms with E-state index in [2.05, 4.69) is 11.2 Å². The highest BCUT2D eigenvalue weighted by molar-refractivity contribution is 7.99. The van der Waals surface area contributed by atoms with Gasteiger partial charge >= 0.3 is 5.97 Å². The van der Waals surface area contributed by atoms with Crippen LogP contribution in [0.5, 0.6) is 0 Å². The van der Waals surface area contributed by atoms with Crippen LogP contribution in [0.2, 0.25) is 5.02 Å². The number of carboxylic acid groups (broad SMARTS) is 1. The molecular weight excluding hydrogens is 304 g/mol. The Hall–Kier alpha value is -1.91. The lowest BCUT2D eigenvalue weighted by molar-refractivity contribution is -0.384. The molecule has 8 heteroatoms. The Labute approximate surface area is 124 Å². The van der Waals surface area contributed by atoms with Crippen LogP contribution in [0.3, 0.4) is 0 Å². The number of thioether (sulfide) groups is 1. The Morgan fingerprint density at radius 1 is 1.60 bits per heavy atom. The number of non-ortho nitro benzene ring substituents is 1. The van der Waals surface area contributed by atoms with Crippen molar-refractivity contribution in [2.45, 2.75) is 0 Å². The van der Waals surface area contributed by atoms with Crippen molar-refractivity contribution >= 4 is 40.7 Å². The first kappa shape index (κ1) is 16.1. The third-order valence-corrected chi connectivity index (χ3v) is 3.41. The number of terminal acetylenes is 1. The second-order valence-corrected chi connectivity index (χ2v) is 5.11. The van der Waals surface area contributed by atoms with E-state index in [1.165, 1.54) is 11.8 Å². The predicted octanol–water partition coefficient (Wildman–Crippen LogP) is 2.72. The van der Waals surface area contributed by atoms with Crippen LogP contribution in [0.25, 0.3) is 0 Å². The lowest BCUT2D eigenvalue weighted by Crippen LogP contribution is -2.10. The zero-order valence-corrected chi connectivity index (χ0v) is 11.8. The molecule has 0 amide bonds. The van der Waals surface area contributed by atoms with Gasteiger partial charge in [0.15, 0.2) is 0 Å². The average molecular weight is 315 g/mol. The minimum Gasteiger partial charge on any atom is -0.478 e. The molecule has 1 aromatic carbocycles. The molecule has 0 aliphatic carbocycles. The van der Waals surface area contributed by atoms with Crippen LogP contribution in [0.15, 0.2) is 12.1 Å². The summed E-state index contributed by atoms with van der Waals surface area (Å²) in [6, 6.07) is 2.09. The predicted molar refractivity (Wildman–Crippen MR) is 79.7 cm³/mol. The molecule has 0 spiro atoms. The second-order valence-electron chi connectivity index (χ2n) is 3.60. The molecule has 1 rings (SSSR count). The molecule has 0 heterocycles. The van der Waals surface area contributed by atoms with Crippen LogP contribution in [-0.4, -0.2) is 34.0 Å². The van der Waals surface area contributed by atoms with Gasteiger partial charge in [0.1, 0.15) is 0 Å². The zero-order chi connectivity index (χ0) is 15.1. The van der Waals surface area contributed by atoms with Gasteiger partial charge in [0.05, 0.1) is 26.9 Å². The summed E-state index contributed by atoms with van der Waals surface area (Å²) in [5.41, 5.74) is -0.420. The lowest BCUT2D eigenvalue weighted by Gasteiger charge is -2.11. The van der Waals surface area contributed by atoms with Crippen molar-refractivity contribution in [3.63, 3.8) is 0 Å². The molecule has 0 unspecified atom stereocenters. The summed E-state index contributed by atoms with van der Waals surface area (Å²) >= 11 is 7.40. The fourth-order valence-electron chi connectivity index (χ4n) is 1.43. The zero-order valence-electron chi connectivity index (χ0n) is 10.3. The summed E-state index contributed by atoms with van der Waals surface area (Å²) in [6.07, 6.45) is 5.10.